The molecule has 0 rings (SSSR count). The van der Waals surface area contributed by atoms with Crippen molar-refractivity contribution in [2.75, 3.05) is 27.9 Å². The number of nitrogens with one attached hydrogen (secondary N) is 1. The molecule has 0 saturated heterocycles. The highest BCUT2D eigenvalue weighted by Gasteiger charge is 2.31. The largest absolute Gasteiger partial charge is 0.465 e. The summed E-state index contributed by atoms with van der Waals surface area (Å²) in [6, 6.07) is 0. The van der Waals surface area contributed by atoms with Gasteiger partial charge in [0.25, 0.3) is 5.91 Å². The number of carbonyl (C=O) groups is 1. The first-order valence-electron chi connectivity index (χ1n) is 3.20. The summed E-state index contributed by atoms with van der Waals surface area (Å²) in [6.07, 6.45) is -1.24. The fraction of sp³-hybridized carbons (Fsp3) is 0.833. The van der Waals surface area contributed by atoms with E-state index in [1.54, 1.807) is 0 Å². The van der Waals surface area contributed by atoms with E-state index in [1.165, 1.54) is 21.3 Å². The Morgan fingerprint density at radius 3 is 2.17 bits per heavy atom. The molecule has 12 heavy (non-hydrogen) atoms. The van der Waals surface area contributed by atoms with Gasteiger partial charge in [-0.05, 0) is 0 Å². The van der Waals surface area contributed by atoms with E-state index in [0.29, 0.717) is 0 Å². The van der Waals surface area contributed by atoms with Gasteiger partial charge in [0.1, 0.15) is 6.61 Å². The molecular formula is C6H13NO5. The van der Waals surface area contributed by atoms with Gasteiger partial charge >= 0.3 is 6.09 Å². The number of hydrogen-bond donors (Lipinski definition) is 2. The van der Waals surface area contributed by atoms with Gasteiger partial charge in [-0.3, -0.25) is 5.32 Å². The van der Waals surface area contributed by atoms with Crippen molar-refractivity contribution < 1.29 is 24.1 Å². The summed E-state index contributed by atoms with van der Waals surface area (Å²) in [4.78, 5) is 10.3. The monoisotopic (exact) mass is 179 g/mol. The van der Waals surface area contributed by atoms with Crippen molar-refractivity contribution >= 4 is 6.09 Å². The maximum atomic E-state index is 10.3. The highest BCUT2D eigenvalue weighted by atomic mass is 16.7. The molecule has 0 aliphatic rings. The van der Waals surface area contributed by atoms with E-state index >= 15 is 0 Å². The fourth-order valence-corrected chi connectivity index (χ4v) is 0.692. The van der Waals surface area contributed by atoms with E-state index in [9.17, 15) is 4.79 Å². The van der Waals surface area contributed by atoms with Crippen LogP contribution in [0.4, 0.5) is 4.79 Å². The van der Waals surface area contributed by atoms with Gasteiger partial charge in [-0.15, -0.1) is 0 Å². The second kappa shape index (κ2) is 4.91. The molecule has 0 aromatic rings. The average molecular weight is 179 g/mol. The van der Waals surface area contributed by atoms with E-state index < -0.39 is 12.0 Å². The second-order valence-electron chi connectivity index (χ2n) is 2.02. The lowest BCUT2D eigenvalue weighted by Crippen LogP contribution is -2.54. The zero-order chi connectivity index (χ0) is 9.61. The van der Waals surface area contributed by atoms with Gasteiger partial charge in [-0.2, -0.15) is 0 Å². The normalized spacial score (nSPS) is 11.2. The molecule has 2 N–H and O–H groups in total. The Kier molecular flexibility index (Phi) is 4.57. The summed E-state index contributed by atoms with van der Waals surface area (Å²) in [6.45, 7) is -0.0215. The maximum Gasteiger partial charge on any atom is 0.408 e. The van der Waals surface area contributed by atoms with Gasteiger partial charge < -0.3 is 19.3 Å². The maximum absolute atomic E-state index is 10.3. The molecule has 72 valence electrons. The van der Waals surface area contributed by atoms with Crippen molar-refractivity contribution in [1.82, 2.24) is 5.32 Å². The molecule has 0 aromatic carbocycles. The van der Waals surface area contributed by atoms with Crippen LogP contribution in [0.2, 0.25) is 0 Å². The highest BCUT2D eigenvalue weighted by molar-refractivity contribution is 5.65. The van der Waals surface area contributed by atoms with Crippen molar-refractivity contribution in [3.63, 3.8) is 0 Å². The topological polar surface area (TPSA) is 77.0 Å². The van der Waals surface area contributed by atoms with Crippen LogP contribution in [0.3, 0.4) is 0 Å². The zero-order valence-electron chi connectivity index (χ0n) is 7.29. The number of amides is 1. The smallest absolute Gasteiger partial charge is 0.408 e. The van der Waals surface area contributed by atoms with Gasteiger partial charge in [0.2, 0.25) is 0 Å². The Morgan fingerprint density at radius 1 is 1.42 bits per heavy atom. The van der Waals surface area contributed by atoms with Crippen molar-refractivity contribution in [2.45, 2.75) is 5.91 Å². The first-order valence-corrected chi connectivity index (χ1v) is 3.20. The summed E-state index contributed by atoms with van der Waals surface area (Å²) in [7, 11) is 4.05. The van der Waals surface area contributed by atoms with Crippen molar-refractivity contribution in [3.05, 3.63) is 0 Å². The first kappa shape index (κ1) is 11.2. The van der Waals surface area contributed by atoms with Crippen molar-refractivity contribution in [2.24, 2.45) is 0 Å². The second-order valence-corrected chi connectivity index (χ2v) is 2.02. The van der Waals surface area contributed by atoms with Gasteiger partial charge in [0, 0.05) is 21.3 Å². The number of hydrogen-bond acceptors (Lipinski definition) is 4. The Morgan fingerprint density at radius 2 is 1.92 bits per heavy atom. The summed E-state index contributed by atoms with van der Waals surface area (Å²) < 4.78 is 14.3. The predicted molar refractivity (Wildman–Crippen MR) is 39.8 cm³/mol. The van der Waals surface area contributed by atoms with E-state index in [-0.39, 0.29) is 6.61 Å². The lowest BCUT2D eigenvalue weighted by molar-refractivity contribution is -0.244. The summed E-state index contributed by atoms with van der Waals surface area (Å²) in [5, 5.41) is 10.5. The zero-order valence-corrected chi connectivity index (χ0v) is 7.29. The van der Waals surface area contributed by atoms with Gasteiger partial charge in [0.15, 0.2) is 0 Å². The number of methoxy groups -OCH3 is 3. The molecule has 0 radical (unpaired) electrons. The molecule has 0 unspecified atom stereocenters. The van der Waals surface area contributed by atoms with E-state index in [4.69, 9.17) is 19.3 Å². The van der Waals surface area contributed by atoms with E-state index in [2.05, 4.69) is 0 Å². The molecule has 0 heterocycles. The molecule has 1 amide bonds. The van der Waals surface area contributed by atoms with Gasteiger partial charge in [-0.25, -0.2) is 4.79 Å². The van der Waals surface area contributed by atoms with Crippen molar-refractivity contribution in [1.29, 1.82) is 0 Å². The summed E-state index contributed by atoms with van der Waals surface area (Å²) in [5.41, 5.74) is 0. The Hall–Kier alpha value is -0.850. The molecule has 0 fully saturated rings. The van der Waals surface area contributed by atoms with E-state index in [1.807, 2.05) is 5.32 Å². The van der Waals surface area contributed by atoms with Crippen LogP contribution < -0.4 is 5.32 Å². The molecule has 6 nitrogen and oxygen atoms in total. The van der Waals surface area contributed by atoms with Gasteiger partial charge in [-0.1, -0.05) is 0 Å². The Balaban J connectivity index is 4.23. The van der Waals surface area contributed by atoms with Gasteiger partial charge in [0.05, 0.1) is 0 Å². The lowest BCUT2D eigenvalue weighted by Gasteiger charge is -2.28. The number of rotatable bonds is 5. The summed E-state index contributed by atoms with van der Waals surface area (Å²) >= 11 is 0. The third kappa shape index (κ3) is 3.04. The molecule has 0 bridgehead atoms. The van der Waals surface area contributed by atoms with Crippen LogP contribution in [-0.2, 0) is 14.2 Å². The SMILES string of the molecule is COCC(NC(=O)O)(OC)OC. The van der Waals surface area contributed by atoms with Crippen LogP contribution in [-0.4, -0.2) is 45.0 Å². The minimum atomic E-state index is -1.42. The molecule has 0 saturated carbocycles. The predicted octanol–water partition coefficient (Wildman–Crippen LogP) is -0.153. The first-order chi connectivity index (χ1) is 5.60. The van der Waals surface area contributed by atoms with Crippen LogP contribution >= 0.6 is 0 Å². The number of carboxylic acid groups (broad SMARTS) is 1. The highest BCUT2D eigenvalue weighted by Crippen LogP contribution is 2.06. The molecule has 6 heteroatoms. The minimum Gasteiger partial charge on any atom is -0.465 e. The Bertz CT molecular complexity index is 145. The molecule has 0 aliphatic carbocycles. The lowest BCUT2D eigenvalue weighted by atomic mass is 10.5. The van der Waals surface area contributed by atoms with Crippen LogP contribution in [0.15, 0.2) is 0 Å². The van der Waals surface area contributed by atoms with Crippen molar-refractivity contribution in [3.8, 4) is 0 Å². The average Bonchev–Trinajstić information content (AvgIpc) is 2.03. The minimum absolute atomic E-state index is 0.0215. The third-order valence-corrected chi connectivity index (χ3v) is 1.29. The van der Waals surface area contributed by atoms with Crippen LogP contribution in [0, 0.1) is 0 Å². The quantitative estimate of drug-likeness (QED) is 0.574. The standard InChI is InChI=1S/C6H13NO5/c1-10-4-6(11-2,12-3)7-5(8)9/h7H,4H2,1-3H3,(H,8,9). The number of ether oxygens (including phenoxy) is 3. The van der Waals surface area contributed by atoms with Crippen LogP contribution in [0.1, 0.15) is 0 Å². The van der Waals surface area contributed by atoms with Crippen LogP contribution in [0.25, 0.3) is 0 Å². The van der Waals surface area contributed by atoms with E-state index in [0.717, 1.165) is 0 Å². The molecule has 0 atom stereocenters. The molecule has 0 spiro atoms. The third-order valence-electron chi connectivity index (χ3n) is 1.29. The summed E-state index contributed by atoms with van der Waals surface area (Å²) in [5.74, 6) is -1.42. The molecular weight excluding hydrogens is 166 g/mol. The van der Waals surface area contributed by atoms with Crippen LogP contribution in [0.5, 0.6) is 0 Å². The Labute approximate surface area is 70.4 Å². The fourth-order valence-electron chi connectivity index (χ4n) is 0.692. The molecule has 0 aliphatic heterocycles. The molecule has 0 aromatic heterocycles.